The first-order valence-electron chi connectivity index (χ1n) is 21.3. The number of carbonyl (C=O) groups excluding carboxylic acids is 1. The minimum absolute atomic E-state index is 0.0224. The number of hydrogen-bond donors (Lipinski definition) is 4. The monoisotopic (exact) mass is 797 g/mol. The Kier molecular flexibility index (Phi) is 34.1. The van der Waals surface area contributed by atoms with E-state index in [2.05, 4.69) is 55.6 Å². The van der Waals surface area contributed by atoms with Gasteiger partial charge in [-0.1, -0.05) is 145 Å². The lowest BCUT2D eigenvalue weighted by Gasteiger charge is -2.29. The Hall–Kier alpha value is -1.88. The average molecular weight is 797 g/mol. The number of likely N-dealkylation sites (N-methyl/N-ethyl adjacent to an activating group) is 1. The number of carbonyl (C=O) groups is 1. The Morgan fingerprint density at radius 3 is 1.78 bits per heavy atom. The van der Waals surface area contributed by atoms with Crippen molar-refractivity contribution in [3.8, 4) is 0 Å². The van der Waals surface area contributed by atoms with Crippen molar-refractivity contribution < 1.29 is 43.1 Å². The molecule has 1 unspecified atom stereocenters. The maximum absolute atomic E-state index is 12.9. The van der Waals surface area contributed by atoms with Crippen LogP contribution >= 0.6 is 7.82 Å². The second-order valence-electron chi connectivity index (χ2n) is 15.6. The van der Waals surface area contributed by atoms with Crippen LogP contribution < -0.4 is 10.2 Å². The summed E-state index contributed by atoms with van der Waals surface area (Å²) in [6.45, 7) is 4.26. The van der Waals surface area contributed by atoms with Gasteiger partial charge in [0.2, 0.25) is 5.91 Å². The van der Waals surface area contributed by atoms with E-state index >= 15 is 0 Å². The number of aliphatic hydroxyl groups is 3. The highest BCUT2D eigenvalue weighted by atomic mass is 31.2. The van der Waals surface area contributed by atoms with Crippen LogP contribution in [0, 0.1) is 0 Å². The number of phosphoric acid groups is 1. The highest BCUT2D eigenvalue weighted by molar-refractivity contribution is 7.45. The number of allylic oxidation sites excluding steroid dienone is 8. The van der Waals surface area contributed by atoms with Gasteiger partial charge in [0.25, 0.3) is 7.82 Å². The molecule has 0 heterocycles. The molecule has 0 radical (unpaired) electrons. The summed E-state index contributed by atoms with van der Waals surface area (Å²) >= 11 is 0. The van der Waals surface area contributed by atoms with Gasteiger partial charge in [0.05, 0.1) is 52.1 Å². The number of nitrogens with zero attached hydrogens (tertiary/aromatic N) is 1. The highest BCUT2D eigenvalue weighted by Gasteiger charge is 2.23. The molecular weight excluding hydrogens is 715 g/mol. The molecule has 0 rings (SSSR count). The van der Waals surface area contributed by atoms with E-state index in [0.29, 0.717) is 23.9 Å². The zero-order valence-corrected chi connectivity index (χ0v) is 36.2. The molecule has 0 spiro atoms. The summed E-state index contributed by atoms with van der Waals surface area (Å²) < 4.78 is 23.0. The van der Waals surface area contributed by atoms with Gasteiger partial charge in [-0.15, -0.1) is 0 Å². The summed E-state index contributed by atoms with van der Waals surface area (Å²) in [5, 5.41) is 34.4. The van der Waals surface area contributed by atoms with Crippen molar-refractivity contribution in [2.75, 3.05) is 40.9 Å². The fourth-order valence-electron chi connectivity index (χ4n) is 5.65. The lowest BCUT2D eigenvalue weighted by molar-refractivity contribution is -0.870. The molecule has 10 nitrogen and oxygen atoms in total. The Bertz CT molecular complexity index is 1120. The molecule has 0 aromatic carbocycles. The van der Waals surface area contributed by atoms with E-state index in [4.69, 9.17) is 9.05 Å². The van der Waals surface area contributed by atoms with Crippen LogP contribution in [0.3, 0.4) is 0 Å². The SMILES string of the molecule is CC/C=C\C/C=C\C/C=C\C/C=C\C[C@@H](O)[C@H](O)CCCC(=O)N[C@@H](COP(=O)([O-])OCC[N+](C)(C)C)[C@H](O)/C=C/CCCCCCCCCCCCCC. The quantitative estimate of drug-likeness (QED) is 0.0211. The Morgan fingerprint density at radius 1 is 0.709 bits per heavy atom. The summed E-state index contributed by atoms with van der Waals surface area (Å²) in [6.07, 6.45) is 37.1. The Balaban J connectivity index is 4.75. The van der Waals surface area contributed by atoms with Crippen LogP contribution in [0.15, 0.2) is 60.8 Å². The molecule has 1 amide bonds. The summed E-state index contributed by atoms with van der Waals surface area (Å²) in [5.41, 5.74) is 0. The van der Waals surface area contributed by atoms with Gasteiger partial charge in [-0.05, 0) is 57.8 Å². The van der Waals surface area contributed by atoms with Crippen molar-refractivity contribution in [1.29, 1.82) is 0 Å². The number of quaternary nitrogens is 1. The van der Waals surface area contributed by atoms with Crippen LogP contribution in [0.25, 0.3) is 0 Å². The van der Waals surface area contributed by atoms with E-state index in [0.717, 1.165) is 44.9 Å². The fourth-order valence-corrected chi connectivity index (χ4v) is 6.37. The minimum atomic E-state index is -4.67. The van der Waals surface area contributed by atoms with Crippen molar-refractivity contribution in [2.24, 2.45) is 0 Å². The molecule has 55 heavy (non-hydrogen) atoms. The van der Waals surface area contributed by atoms with E-state index < -0.39 is 44.7 Å². The molecule has 0 saturated heterocycles. The van der Waals surface area contributed by atoms with Gasteiger partial charge in [0, 0.05) is 6.42 Å². The Labute approximate surface area is 336 Å². The van der Waals surface area contributed by atoms with Crippen molar-refractivity contribution in [3.05, 3.63) is 60.8 Å². The van der Waals surface area contributed by atoms with Crippen molar-refractivity contribution in [2.45, 2.75) is 173 Å². The topological polar surface area (TPSA) is 148 Å². The zero-order valence-electron chi connectivity index (χ0n) is 35.3. The second kappa shape index (κ2) is 35.3. The number of unbranched alkanes of at least 4 members (excludes halogenated alkanes) is 12. The first kappa shape index (κ1) is 53.1. The minimum Gasteiger partial charge on any atom is -0.756 e. The smallest absolute Gasteiger partial charge is 0.268 e. The largest absolute Gasteiger partial charge is 0.756 e. The molecule has 0 aromatic heterocycles. The van der Waals surface area contributed by atoms with Crippen LogP contribution in [0.2, 0.25) is 0 Å². The second-order valence-corrected chi connectivity index (χ2v) is 17.0. The molecule has 5 atom stereocenters. The maximum atomic E-state index is 12.9. The predicted molar refractivity (Wildman–Crippen MR) is 226 cm³/mol. The van der Waals surface area contributed by atoms with Gasteiger partial charge >= 0.3 is 0 Å². The molecule has 320 valence electrons. The van der Waals surface area contributed by atoms with Gasteiger partial charge in [-0.3, -0.25) is 9.36 Å². The molecule has 0 fully saturated rings. The van der Waals surface area contributed by atoms with Crippen molar-refractivity contribution >= 4 is 13.7 Å². The standard InChI is InChI=1S/C44H81N2O8P/c1-6-8-10-12-14-16-18-20-21-23-24-26-28-30-33-41(47)40(39-54-55(51,52)53-38-37-46(3,4)5)45-44(50)36-32-35-43(49)42(48)34-31-29-27-25-22-19-17-15-13-11-9-7-2/h9,11,15,17,22,25,29-31,33,40-43,47-49H,6-8,10,12-14,16,18-21,23-24,26-28,32,34-39H2,1-5H3,(H-,45,50,51,52)/b11-9-,17-15-,25-22-,31-29-,33-30+/t40-,41+,42+,43+/m0/s1. The number of rotatable bonds is 37. The first-order valence-corrected chi connectivity index (χ1v) is 22.8. The number of aliphatic hydroxyl groups excluding tert-OH is 3. The maximum Gasteiger partial charge on any atom is 0.268 e. The van der Waals surface area contributed by atoms with Crippen LogP contribution in [-0.4, -0.2) is 91.0 Å². The fraction of sp³-hybridized carbons (Fsp3) is 0.750. The summed E-state index contributed by atoms with van der Waals surface area (Å²) in [6, 6.07) is -1.02. The molecule has 0 saturated carbocycles. The third kappa shape index (κ3) is 36.2. The lowest BCUT2D eigenvalue weighted by Crippen LogP contribution is -2.46. The van der Waals surface area contributed by atoms with Gasteiger partial charge in [-0.2, -0.15) is 0 Å². The van der Waals surface area contributed by atoms with Crippen LogP contribution in [0.5, 0.6) is 0 Å². The highest BCUT2D eigenvalue weighted by Crippen LogP contribution is 2.38. The summed E-state index contributed by atoms with van der Waals surface area (Å²) in [7, 11) is 1.07. The van der Waals surface area contributed by atoms with Gasteiger partial charge in [0.15, 0.2) is 0 Å². The number of hydrogen-bond acceptors (Lipinski definition) is 8. The molecule has 11 heteroatoms. The van der Waals surface area contributed by atoms with Gasteiger partial charge in [0.1, 0.15) is 13.2 Å². The van der Waals surface area contributed by atoms with Crippen molar-refractivity contribution in [3.63, 3.8) is 0 Å². The molecular formula is C44H81N2O8P. The van der Waals surface area contributed by atoms with E-state index in [1.165, 1.54) is 64.2 Å². The molecule has 4 N–H and O–H groups in total. The summed E-state index contributed by atoms with van der Waals surface area (Å²) in [5.74, 6) is -0.422. The van der Waals surface area contributed by atoms with Crippen LogP contribution in [0.1, 0.15) is 149 Å². The number of phosphoric ester groups is 1. The normalized spacial score (nSPS) is 16.2. The van der Waals surface area contributed by atoms with E-state index in [9.17, 15) is 29.6 Å². The summed E-state index contributed by atoms with van der Waals surface area (Å²) in [4.78, 5) is 25.3. The number of amides is 1. The van der Waals surface area contributed by atoms with Gasteiger partial charge < -0.3 is 39.1 Å². The third-order valence-corrected chi connectivity index (χ3v) is 10.1. The molecule has 0 aliphatic rings. The molecule has 0 aromatic rings. The van der Waals surface area contributed by atoms with Gasteiger partial charge in [-0.25, -0.2) is 0 Å². The zero-order chi connectivity index (χ0) is 41.0. The van der Waals surface area contributed by atoms with E-state index in [-0.39, 0.29) is 19.4 Å². The predicted octanol–water partition coefficient (Wildman–Crippen LogP) is 8.77. The molecule has 0 aliphatic heterocycles. The Morgan fingerprint density at radius 2 is 1.24 bits per heavy atom. The van der Waals surface area contributed by atoms with Crippen LogP contribution in [-0.2, 0) is 18.4 Å². The molecule has 0 aliphatic carbocycles. The van der Waals surface area contributed by atoms with E-state index in [1.54, 1.807) is 6.08 Å². The average Bonchev–Trinajstić information content (AvgIpc) is 3.13. The lowest BCUT2D eigenvalue weighted by atomic mass is 10.0. The molecule has 0 bridgehead atoms. The van der Waals surface area contributed by atoms with Crippen molar-refractivity contribution in [1.82, 2.24) is 5.32 Å². The van der Waals surface area contributed by atoms with Crippen LogP contribution in [0.4, 0.5) is 0 Å². The van der Waals surface area contributed by atoms with E-state index in [1.807, 2.05) is 39.4 Å². The number of nitrogens with one attached hydrogen (secondary N) is 1. The first-order chi connectivity index (χ1) is 26.3. The third-order valence-electron chi connectivity index (χ3n) is 9.18.